The van der Waals surface area contributed by atoms with Crippen LogP contribution in [0.3, 0.4) is 0 Å². The van der Waals surface area contributed by atoms with Crippen LogP contribution in [0, 0.1) is 13.8 Å². The lowest BCUT2D eigenvalue weighted by Crippen LogP contribution is -2.47. The third-order valence-electron chi connectivity index (χ3n) is 5.67. The largest absolute Gasteiger partial charge is 0.377 e. The van der Waals surface area contributed by atoms with Crippen molar-refractivity contribution in [1.29, 1.82) is 0 Å². The van der Waals surface area contributed by atoms with Crippen LogP contribution in [0.2, 0.25) is 0 Å². The van der Waals surface area contributed by atoms with E-state index in [1.165, 1.54) is 11.1 Å². The van der Waals surface area contributed by atoms with Crippen molar-refractivity contribution in [1.82, 2.24) is 19.9 Å². The van der Waals surface area contributed by atoms with E-state index < -0.39 is 0 Å². The van der Waals surface area contributed by atoms with Gasteiger partial charge >= 0.3 is 0 Å². The van der Waals surface area contributed by atoms with E-state index in [1.54, 1.807) is 18.4 Å². The van der Waals surface area contributed by atoms with Crippen molar-refractivity contribution in [3.05, 3.63) is 59.1 Å². The minimum atomic E-state index is 0.404. The zero-order valence-corrected chi connectivity index (χ0v) is 19.4. The Hall–Kier alpha value is -3.10. The van der Waals surface area contributed by atoms with Crippen molar-refractivity contribution < 1.29 is 4.74 Å². The van der Waals surface area contributed by atoms with E-state index >= 15 is 0 Å². The molecule has 1 aromatic carbocycles. The molecule has 1 saturated heterocycles. The maximum absolute atomic E-state index is 5.35. The van der Waals surface area contributed by atoms with Crippen LogP contribution in [0.5, 0.6) is 0 Å². The lowest BCUT2D eigenvalue weighted by Gasteiger charge is -2.36. The first kappa shape index (κ1) is 20.8. The number of nitrogens with zero attached hydrogens (tertiary/aromatic N) is 6. The molecule has 0 radical (unpaired) electrons. The average molecular weight is 447 g/mol. The smallest absolute Gasteiger partial charge is 0.158 e. The molecule has 0 bridgehead atoms. The summed E-state index contributed by atoms with van der Waals surface area (Å²) in [5.41, 5.74) is 3.38. The Morgan fingerprint density at radius 2 is 1.69 bits per heavy atom. The number of fused-ring (bicyclic) bond motifs is 1. The predicted octanol–water partition coefficient (Wildman–Crippen LogP) is 4.24. The minimum absolute atomic E-state index is 0.404. The molecule has 0 amide bonds. The van der Waals surface area contributed by atoms with Crippen LogP contribution in [-0.2, 0) is 11.3 Å². The van der Waals surface area contributed by atoms with Gasteiger partial charge in [0.05, 0.1) is 5.39 Å². The summed E-state index contributed by atoms with van der Waals surface area (Å²) < 4.78 is 5.35. The van der Waals surface area contributed by atoms with E-state index in [0.717, 1.165) is 65.4 Å². The fraction of sp³-hybridized carbons (Fsp3) is 0.333. The molecule has 5 rings (SSSR count). The van der Waals surface area contributed by atoms with Gasteiger partial charge in [0.15, 0.2) is 5.82 Å². The molecule has 1 aliphatic rings. The Morgan fingerprint density at radius 1 is 0.938 bits per heavy atom. The summed E-state index contributed by atoms with van der Waals surface area (Å²) in [5, 5.41) is 3.32. The number of methoxy groups -OCH3 is 1. The highest BCUT2D eigenvalue weighted by Gasteiger charge is 2.24. The fourth-order valence-corrected chi connectivity index (χ4v) is 5.19. The second kappa shape index (κ2) is 8.80. The van der Waals surface area contributed by atoms with E-state index in [-0.39, 0.29) is 0 Å². The van der Waals surface area contributed by atoms with Gasteiger partial charge in [-0.05, 0) is 19.4 Å². The molecule has 0 spiro atoms. The van der Waals surface area contributed by atoms with Crippen LogP contribution in [0.15, 0.2) is 41.8 Å². The number of piperazine rings is 1. The standard InChI is InChI=1S/C24H26N6OS/c1-16-13-21(26-17(2)25-16)29-9-11-30(12-10-29)23-22-19(18-7-5-4-6-8-18)15-32-24(22)28-20(27-23)14-31-3/h4-8,13,15H,9-12,14H2,1-3H3. The minimum Gasteiger partial charge on any atom is -0.377 e. The Bertz CT molecular complexity index is 1210. The number of aryl methyl sites for hydroxylation is 2. The summed E-state index contributed by atoms with van der Waals surface area (Å²) in [6.07, 6.45) is 0. The van der Waals surface area contributed by atoms with Crippen molar-refractivity contribution in [2.24, 2.45) is 0 Å². The fourth-order valence-electron chi connectivity index (χ4n) is 4.23. The maximum Gasteiger partial charge on any atom is 0.158 e. The monoisotopic (exact) mass is 446 g/mol. The quantitative estimate of drug-likeness (QED) is 0.454. The van der Waals surface area contributed by atoms with Gasteiger partial charge < -0.3 is 14.5 Å². The molecular weight excluding hydrogens is 420 g/mol. The topological polar surface area (TPSA) is 67.3 Å². The van der Waals surface area contributed by atoms with Gasteiger partial charge in [-0.15, -0.1) is 11.3 Å². The van der Waals surface area contributed by atoms with Gasteiger partial charge in [-0.1, -0.05) is 30.3 Å². The number of aromatic nitrogens is 4. The average Bonchev–Trinajstić information content (AvgIpc) is 3.23. The van der Waals surface area contributed by atoms with Crippen molar-refractivity contribution in [2.45, 2.75) is 20.5 Å². The lowest BCUT2D eigenvalue weighted by atomic mass is 10.1. The number of benzene rings is 1. The molecule has 3 aromatic heterocycles. The van der Waals surface area contributed by atoms with Gasteiger partial charge in [0.2, 0.25) is 0 Å². The molecule has 4 aromatic rings. The number of hydrogen-bond donors (Lipinski definition) is 0. The van der Waals surface area contributed by atoms with E-state index in [4.69, 9.17) is 14.7 Å². The van der Waals surface area contributed by atoms with E-state index in [1.807, 2.05) is 19.9 Å². The number of hydrogen-bond acceptors (Lipinski definition) is 8. The molecule has 0 N–H and O–H groups in total. The molecule has 4 heterocycles. The summed E-state index contributed by atoms with van der Waals surface area (Å²) >= 11 is 1.67. The number of thiophene rings is 1. The van der Waals surface area contributed by atoms with Crippen LogP contribution in [-0.4, -0.2) is 53.2 Å². The summed E-state index contributed by atoms with van der Waals surface area (Å²) in [7, 11) is 1.68. The molecule has 8 heteroatoms. The third kappa shape index (κ3) is 4.03. The maximum atomic E-state index is 5.35. The lowest BCUT2D eigenvalue weighted by molar-refractivity contribution is 0.178. The number of anilines is 2. The Labute approximate surface area is 191 Å². The number of ether oxygens (including phenoxy) is 1. The van der Waals surface area contributed by atoms with E-state index in [0.29, 0.717) is 6.61 Å². The van der Waals surface area contributed by atoms with E-state index in [2.05, 4.69) is 55.5 Å². The third-order valence-corrected chi connectivity index (χ3v) is 6.55. The summed E-state index contributed by atoms with van der Waals surface area (Å²) in [5.74, 6) is 3.54. The zero-order chi connectivity index (χ0) is 22.1. The molecule has 7 nitrogen and oxygen atoms in total. The highest BCUT2D eigenvalue weighted by atomic mass is 32.1. The second-order valence-electron chi connectivity index (χ2n) is 7.98. The second-order valence-corrected chi connectivity index (χ2v) is 8.84. The van der Waals surface area contributed by atoms with Crippen molar-refractivity contribution in [3.63, 3.8) is 0 Å². The Morgan fingerprint density at radius 3 is 2.41 bits per heavy atom. The molecule has 0 atom stereocenters. The summed E-state index contributed by atoms with van der Waals surface area (Å²) in [6.45, 7) is 7.86. The first-order valence-electron chi connectivity index (χ1n) is 10.8. The van der Waals surface area contributed by atoms with Gasteiger partial charge in [-0.2, -0.15) is 0 Å². The van der Waals surface area contributed by atoms with Crippen LogP contribution in [0.4, 0.5) is 11.6 Å². The SMILES string of the molecule is COCc1nc(N2CCN(c3cc(C)nc(C)n3)CC2)c2c(-c3ccccc3)csc2n1. The summed E-state index contributed by atoms with van der Waals surface area (Å²) in [4.78, 5) is 24.5. The predicted molar refractivity (Wildman–Crippen MR) is 129 cm³/mol. The van der Waals surface area contributed by atoms with E-state index in [9.17, 15) is 0 Å². The molecule has 0 unspecified atom stereocenters. The van der Waals surface area contributed by atoms with Crippen LogP contribution < -0.4 is 9.80 Å². The highest BCUT2D eigenvalue weighted by molar-refractivity contribution is 7.17. The van der Waals surface area contributed by atoms with Gasteiger partial charge in [-0.25, -0.2) is 19.9 Å². The van der Waals surface area contributed by atoms with Gasteiger partial charge in [0, 0.05) is 56.0 Å². The Kier molecular flexibility index (Phi) is 5.71. The van der Waals surface area contributed by atoms with Crippen molar-refractivity contribution in [2.75, 3.05) is 43.1 Å². The Balaban J connectivity index is 1.49. The molecule has 1 fully saturated rings. The zero-order valence-electron chi connectivity index (χ0n) is 18.6. The first-order chi connectivity index (χ1) is 15.6. The molecule has 164 valence electrons. The molecule has 32 heavy (non-hydrogen) atoms. The normalized spacial score (nSPS) is 14.3. The van der Waals surface area contributed by atoms with Crippen molar-refractivity contribution >= 4 is 33.2 Å². The van der Waals surface area contributed by atoms with Gasteiger partial charge in [-0.3, -0.25) is 0 Å². The molecule has 1 aliphatic heterocycles. The van der Waals surface area contributed by atoms with Crippen LogP contribution >= 0.6 is 11.3 Å². The van der Waals surface area contributed by atoms with Crippen LogP contribution in [0.25, 0.3) is 21.3 Å². The van der Waals surface area contributed by atoms with Crippen molar-refractivity contribution in [3.8, 4) is 11.1 Å². The molecular formula is C24H26N6OS. The summed E-state index contributed by atoms with van der Waals surface area (Å²) in [6, 6.07) is 12.5. The molecule has 0 aliphatic carbocycles. The van der Waals surface area contributed by atoms with Gasteiger partial charge in [0.1, 0.15) is 28.9 Å². The van der Waals surface area contributed by atoms with Gasteiger partial charge in [0.25, 0.3) is 0 Å². The van der Waals surface area contributed by atoms with Crippen LogP contribution in [0.1, 0.15) is 17.3 Å². The molecule has 0 saturated carbocycles. The first-order valence-corrected chi connectivity index (χ1v) is 11.6. The number of rotatable bonds is 5. The highest BCUT2D eigenvalue weighted by Crippen LogP contribution is 2.38.